The molecule has 2 heterocycles. The molecule has 0 atom stereocenters. The van der Waals surface area contributed by atoms with Crippen LogP contribution in [0.15, 0.2) is 24.7 Å². The zero-order valence-electron chi connectivity index (χ0n) is 8.31. The quantitative estimate of drug-likeness (QED) is 0.848. The lowest BCUT2D eigenvalue weighted by Gasteiger charge is -2.06. The standard InChI is InChI=1S/C10H11ClN4/c1-2-15-4-3-13-10(15)8-5-7(11)6-14-9(8)12/h3-6H,2H2,1H3,(H2,12,14). The Labute approximate surface area is 92.7 Å². The number of aryl methyl sites for hydroxylation is 1. The van der Waals surface area contributed by atoms with Crippen molar-refractivity contribution >= 4 is 17.4 Å². The minimum Gasteiger partial charge on any atom is -0.383 e. The second-order valence-corrected chi connectivity index (χ2v) is 3.56. The third kappa shape index (κ3) is 1.80. The van der Waals surface area contributed by atoms with E-state index in [2.05, 4.69) is 9.97 Å². The Morgan fingerprint density at radius 1 is 1.47 bits per heavy atom. The Morgan fingerprint density at radius 3 is 3.00 bits per heavy atom. The maximum Gasteiger partial charge on any atom is 0.143 e. The van der Waals surface area contributed by atoms with Crippen LogP contribution in [0.2, 0.25) is 5.02 Å². The van der Waals surface area contributed by atoms with E-state index in [-0.39, 0.29) is 0 Å². The van der Waals surface area contributed by atoms with E-state index in [4.69, 9.17) is 17.3 Å². The average Bonchev–Trinajstić information content (AvgIpc) is 2.69. The molecule has 0 aliphatic carbocycles. The van der Waals surface area contributed by atoms with Crippen molar-refractivity contribution in [2.45, 2.75) is 13.5 Å². The largest absolute Gasteiger partial charge is 0.383 e. The van der Waals surface area contributed by atoms with Gasteiger partial charge < -0.3 is 10.3 Å². The van der Waals surface area contributed by atoms with Gasteiger partial charge in [0.05, 0.1) is 10.6 Å². The molecule has 0 fully saturated rings. The van der Waals surface area contributed by atoms with Gasteiger partial charge in [0, 0.05) is 25.1 Å². The number of imidazole rings is 1. The van der Waals surface area contributed by atoms with E-state index < -0.39 is 0 Å². The van der Waals surface area contributed by atoms with Gasteiger partial charge in [-0.3, -0.25) is 0 Å². The number of aromatic nitrogens is 3. The van der Waals surface area contributed by atoms with Crippen molar-refractivity contribution in [3.05, 3.63) is 29.7 Å². The van der Waals surface area contributed by atoms with Crippen LogP contribution in [0, 0.1) is 0 Å². The SMILES string of the molecule is CCn1ccnc1-c1cc(Cl)cnc1N. The van der Waals surface area contributed by atoms with Gasteiger partial charge in [0.15, 0.2) is 0 Å². The van der Waals surface area contributed by atoms with E-state index in [0.29, 0.717) is 10.8 Å². The molecule has 4 nitrogen and oxygen atoms in total. The summed E-state index contributed by atoms with van der Waals surface area (Å²) in [6.45, 7) is 2.88. The van der Waals surface area contributed by atoms with Crippen molar-refractivity contribution < 1.29 is 0 Å². The fourth-order valence-corrected chi connectivity index (χ4v) is 1.60. The zero-order valence-corrected chi connectivity index (χ0v) is 9.07. The molecule has 5 heteroatoms. The number of rotatable bonds is 2. The number of nitrogens with two attached hydrogens (primary N) is 1. The smallest absolute Gasteiger partial charge is 0.143 e. The van der Waals surface area contributed by atoms with Crippen LogP contribution in [-0.4, -0.2) is 14.5 Å². The normalized spacial score (nSPS) is 10.5. The number of nitrogens with zero attached hydrogens (tertiary/aromatic N) is 3. The van der Waals surface area contributed by atoms with Gasteiger partial charge in [-0.25, -0.2) is 9.97 Å². The Bertz CT molecular complexity index is 478. The summed E-state index contributed by atoms with van der Waals surface area (Å²) in [5.74, 6) is 1.24. The van der Waals surface area contributed by atoms with Gasteiger partial charge in [-0.05, 0) is 13.0 Å². The molecular weight excluding hydrogens is 212 g/mol. The van der Waals surface area contributed by atoms with Gasteiger partial charge in [0.2, 0.25) is 0 Å². The summed E-state index contributed by atoms with van der Waals surface area (Å²) in [5.41, 5.74) is 6.55. The number of anilines is 1. The fourth-order valence-electron chi connectivity index (χ4n) is 1.44. The molecule has 0 aliphatic heterocycles. The summed E-state index contributed by atoms with van der Waals surface area (Å²) >= 11 is 5.87. The highest BCUT2D eigenvalue weighted by molar-refractivity contribution is 6.30. The van der Waals surface area contributed by atoms with Gasteiger partial charge in [0.25, 0.3) is 0 Å². The van der Waals surface area contributed by atoms with Crippen LogP contribution in [0.4, 0.5) is 5.82 Å². The molecular formula is C10H11ClN4. The van der Waals surface area contributed by atoms with Crippen molar-refractivity contribution in [3.8, 4) is 11.4 Å². The van der Waals surface area contributed by atoms with Crippen molar-refractivity contribution in [1.29, 1.82) is 0 Å². The Kier molecular flexibility index (Phi) is 2.60. The number of pyridine rings is 1. The van der Waals surface area contributed by atoms with E-state index in [9.17, 15) is 0 Å². The molecule has 15 heavy (non-hydrogen) atoms. The summed E-state index contributed by atoms with van der Waals surface area (Å²) < 4.78 is 1.99. The first-order valence-corrected chi connectivity index (χ1v) is 5.02. The average molecular weight is 223 g/mol. The van der Waals surface area contributed by atoms with Crippen molar-refractivity contribution in [3.63, 3.8) is 0 Å². The summed E-state index contributed by atoms with van der Waals surface area (Å²) in [6.07, 6.45) is 5.16. The zero-order chi connectivity index (χ0) is 10.8. The van der Waals surface area contributed by atoms with Crippen molar-refractivity contribution in [1.82, 2.24) is 14.5 Å². The van der Waals surface area contributed by atoms with Crippen LogP contribution in [0.5, 0.6) is 0 Å². The maximum absolute atomic E-state index is 5.87. The summed E-state index contributed by atoms with van der Waals surface area (Å²) in [7, 11) is 0. The molecule has 0 saturated heterocycles. The first kappa shape index (κ1) is 9.98. The monoisotopic (exact) mass is 222 g/mol. The second-order valence-electron chi connectivity index (χ2n) is 3.12. The van der Waals surface area contributed by atoms with Crippen LogP contribution < -0.4 is 5.73 Å². The predicted molar refractivity (Wildman–Crippen MR) is 60.6 cm³/mol. The lowest BCUT2D eigenvalue weighted by molar-refractivity contribution is 0.770. The van der Waals surface area contributed by atoms with Gasteiger partial charge in [-0.1, -0.05) is 11.6 Å². The van der Waals surface area contributed by atoms with E-state index in [1.807, 2.05) is 17.7 Å². The first-order valence-electron chi connectivity index (χ1n) is 4.65. The minimum absolute atomic E-state index is 0.445. The molecule has 2 aromatic heterocycles. The highest BCUT2D eigenvalue weighted by Gasteiger charge is 2.09. The number of hydrogen-bond acceptors (Lipinski definition) is 3. The summed E-state index contributed by atoms with van der Waals surface area (Å²) in [4.78, 5) is 8.25. The van der Waals surface area contributed by atoms with Crippen molar-refractivity contribution in [2.75, 3.05) is 5.73 Å². The lowest BCUT2D eigenvalue weighted by Crippen LogP contribution is -2.00. The molecule has 0 aromatic carbocycles. The Balaban J connectivity index is 2.58. The number of halogens is 1. The third-order valence-corrected chi connectivity index (χ3v) is 2.39. The second kappa shape index (κ2) is 3.90. The molecule has 0 aliphatic rings. The molecule has 78 valence electrons. The van der Waals surface area contributed by atoms with E-state index in [1.54, 1.807) is 12.3 Å². The van der Waals surface area contributed by atoms with Crippen molar-refractivity contribution in [2.24, 2.45) is 0 Å². The molecule has 2 aromatic rings. The molecule has 2 rings (SSSR count). The highest BCUT2D eigenvalue weighted by atomic mass is 35.5. The van der Waals surface area contributed by atoms with Gasteiger partial charge in [-0.2, -0.15) is 0 Å². The first-order chi connectivity index (χ1) is 7.22. The predicted octanol–water partition coefficient (Wildman–Crippen LogP) is 2.20. The topological polar surface area (TPSA) is 56.7 Å². The van der Waals surface area contributed by atoms with Crippen LogP contribution in [0.1, 0.15) is 6.92 Å². The van der Waals surface area contributed by atoms with Crippen LogP contribution >= 0.6 is 11.6 Å². The van der Waals surface area contributed by atoms with Gasteiger partial charge >= 0.3 is 0 Å². The number of hydrogen-bond donors (Lipinski definition) is 1. The molecule has 0 spiro atoms. The lowest BCUT2D eigenvalue weighted by atomic mass is 10.2. The molecule has 2 N–H and O–H groups in total. The summed E-state index contributed by atoms with van der Waals surface area (Å²) in [6, 6.07) is 1.78. The maximum atomic E-state index is 5.87. The van der Waals surface area contributed by atoms with E-state index in [0.717, 1.165) is 17.9 Å². The Morgan fingerprint density at radius 2 is 2.27 bits per heavy atom. The fraction of sp³-hybridized carbons (Fsp3) is 0.200. The van der Waals surface area contributed by atoms with Crippen LogP contribution in [0.25, 0.3) is 11.4 Å². The molecule has 0 amide bonds. The third-order valence-electron chi connectivity index (χ3n) is 2.18. The molecule has 0 radical (unpaired) electrons. The number of nitrogen functional groups attached to an aromatic ring is 1. The molecule has 0 saturated carbocycles. The van der Waals surface area contributed by atoms with Gasteiger partial charge in [0.1, 0.15) is 11.6 Å². The molecule has 0 bridgehead atoms. The molecule has 0 unspecified atom stereocenters. The van der Waals surface area contributed by atoms with Crippen LogP contribution in [-0.2, 0) is 6.54 Å². The van der Waals surface area contributed by atoms with Crippen LogP contribution in [0.3, 0.4) is 0 Å². The Hall–Kier alpha value is -1.55. The highest BCUT2D eigenvalue weighted by Crippen LogP contribution is 2.25. The summed E-state index contributed by atoms with van der Waals surface area (Å²) in [5, 5.41) is 0.560. The minimum atomic E-state index is 0.445. The van der Waals surface area contributed by atoms with E-state index in [1.165, 1.54) is 6.20 Å². The van der Waals surface area contributed by atoms with E-state index >= 15 is 0 Å². The van der Waals surface area contributed by atoms with Gasteiger partial charge in [-0.15, -0.1) is 0 Å².